The first-order valence-electron chi connectivity index (χ1n) is 7.37. The fourth-order valence-electron chi connectivity index (χ4n) is 3.42. The van der Waals surface area contributed by atoms with Gasteiger partial charge >= 0.3 is 0 Å². The average Bonchev–Trinajstić information content (AvgIpc) is 3.14. The molecule has 114 valence electrons. The third-order valence-electron chi connectivity index (χ3n) is 4.61. The number of carbonyl (C=O) groups excluding carboxylic acids is 1. The second-order valence-electron chi connectivity index (χ2n) is 5.93. The van der Waals surface area contributed by atoms with Gasteiger partial charge in [-0.2, -0.15) is 0 Å². The number of rotatable bonds is 3. The van der Waals surface area contributed by atoms with Gasteiger partial charge in [0.15, 0.2) is 0 Å². The van der Waals surface area contributed by atoms with E-state index < -0.39 is 0 Å². The van der Waals surface area contributed by atoms with Gasteiger partial charge in [-0.15, -0.1) is 11.3 Å². The highest BCUT2D eigenvalue weighted by molar-refractivity contribution is 7.07. The van der Waals surface area contributed by atoms with Gasteiger partial charge in [-0.3, -0.25) is 9.69 Å². The van der Waals surface area contributed by atoms with Crippen LogP contribution in [0, 0.1) is 11.7 Å². The van der Waals surface area contributed by atoms with E-state index in [1.54, 1.807) is 17.0 Å². The molecule has 2 aromatic rings. The summed E-state index contributed by atoms with van der Waals surface area (Å²) < 4.78 is 13.7. The zero-order valence-corrected chi connectivity index (χ0v) is 12.8. The Morgan fingerprint density at radius 2 is 2.18 bits per heavy atom. The summed E-state index contributed by atoms with van der Waals surface area (Å²) in [4.78, 5) is 20.6. The number of aromatic nitrogens is 1. The van der Waals surface area contributed by atoms with Crippen LogP contribution in [-0.4, -0.2) is 46.4 Å². The molecule has 0 radical (unpaired) electrons. The van der Waals surface area contributed by atoms with Gasteiger partial charge in [-0.05, 0) is 6.07 Å². The van der Waals surface area contributed by atoms with Gasteiger partial charge < -0.3 is 4.90 Å². The molecule has 2 atom stereocenters. The van der Waals surface area contributed by atoms with Crippen molar-refractivity contribution in [2.75, 3.05) is 19.6 Å². The zero-order chi connectivity index (χ0) is 15.1. The first-order chi connectivity index (χ1) is 10.7. The maximum absolute atomic E-state index is 13.7. The predicted molar refractivity (Wildman–Crippen MR) is 82.1 cm³/mol. The van der Waals surface area contributed by atoms with Gasteiger partial charge in [-0.25, -0.2) is 9.37 Å². The van der Waals surface area contributed by atoms with E-state index in [4.69, 9.17) is 0 Å². The SMILES string of the molecule is O=C(c1cscn1)N1C[C@H]2CN(Cc3ccccc3F)[C@H]2C1. The molecule has 0 spiro atoms. The third-order valence-corrected chi connectivity index (χ3v) is 5.20. The number of amides is 1. The lowest BCUT2D eigenvalue weighted by atomic mass is 9.91. The molecule has 6 heteroatoms. The molecule has 0 bridgehead atoms. The zero-order valence-electron chi connectivity index (χ0n) is 12.0. The minimum Gasteiger partial charge on any atom is -0.335 e. The molecule has 0 aliphatic carbocycles. The van der Waals surface area contributed by atoms with Crippen LogP contribution in [0.1, 0.15) is 16.1 Å². The topological polar surface area (TPSA) is 36.4 Å². The summed E-state index contributed by atoms with van der Waals surface area (Å²) in [6.45, 7) is 3.05. The molecule has 2 fully saturated rings. The van der Waals surface area contributed by atoms with E-state index in [-0.39, 0.29) is 11.7 Å². The lowest BCUT2D eigenvalue weighted by Crippen LogP contribution is -2.54. The molecular weight excluding hydrogens is 301 g/mol. The number of likely N-dealkylation sites (tertiary alicyclic amines) is 2. The van der Waals surface area contributed by atoms with Crippen LogP contribution in [0.4, 0.5) is 4.39 Å². The van der Waals surface area contributed by atoms with Crippen molar-refractivity contribution in [1.29, 1.82) is 0 Å². The van der Waals surface area contributed by atoms with Crippen molar-refractivity contribution < 1.29 is 9.18 Å². The normalized spacial score (nSPS) is 24.1. The summed E-state index contributed by atoms with van der Waals surface area (Å²) in [6.07, 6.45) is 0. The summed E-state index contributed by atoms with van der Waals surface area (Å²) in [6, 6.07) is 7.25. The molecule has 2 saturated heterocycles. The maximum Gasteiger partial charge on any atom is 0.273 e. The number of halogens is 1. The van der Waals surface area contributed by atoms with Crippen LogP contribution in [0.2, 0.25) is 0 Å². The van der Waals surface area contributed by atoms with Gasteiger partial charge in [0.05, 0.1) is 5.51 Å². The quantitative estimate of drug-likeness (QED) is 0.871. The van der Waals surface area contributed by atoms with Crippen molar-refractivity contribution in [2.45, 2.75) is 12.6 Å². The molecule has 2 aliphatic heterocycles. The van der Waals surface area contributed by atoms with Crippen LogP contribution in [0.15, 0.2) is 35.2 Å². The second-order valence-corrected chi connectivity index (χ2v) is 6.65. The highest BCUT2D eigenvalue weighted by Crippen LogP contribution is 2.34. The van der Waals surface area contributed by atoms with Crippen LogP contribution in [0.25, 0.3) is 0 Å². The van der Waals surface area contributed by atoms with Crippen molar-refractivity contribution >= 4 is 17.2 Å². The minimum atomic E-state index is -0.153. The summed E-state index contributed by atoms with van der Waals surface area (Å²) in [5.74, 6) is 0.371. The summed E-state index contributed by atoms with van der Waals surface area (Å²) in [7, 11) is 0. The Hall–Kier alpha value is -1.79. The molecule has 1 aromatic carbocycles. The fraction of sp³-hybridized carbons (Fsp3) is 0.375. The van der Waals surface area contributed by atoms with E-state index in [1.165, 1.54) is 17.4 Å². The van der Waals surface area contributed by atoms with Crippen molar-refractivity contribution in [3.05, 3.63) is 52.2 Å². The Morgan fingerprint density at radius 3 is 2.95 bits per heavy atom. The molecule has 1 aromatic heterocycles. The standard InChI is InChI=1S/C16H16FN3OS/c17-13-4-2-1-3-11(13)5-19-6-12-7-20(8-15(12)19)16(21)14-9-22-10-18-14/h1-4,9-10,12,15H,5-8H2/t12-,15+/m1/s1. The number of carbonyl (C=O) groups is 1. The predicted octanol–water partition coefficient (Wildman–Crippen LogP) is 2.24. The number of hydrogen-bond acceptors (Lipinski definition) is 4. The summed E-state index contributed by atoms with van der Waals surface area (Å²) in [5, 5.41) is 1.79. The number of thiazole rings is 1. The number of benzene rings is 1. The Kier molecular flexibility index (Phi) is 3.43. The van der Waals surface area contributed by atoms with Crippen LogP contribution in [-0.2, 0) is 6.54 Å². The maximum atomic E-state index is 13.7. The molecule has 2 aliphatic rings. The average molecular weight is 317 g/mol. The van der Waals surface area contributed by atoms with Gasteiger partial charge in [0, 0.05) is 49.1 Å². The molecule has 4 rings (SSSR count). The van der Waals surface area contributed by atoms with Gasteiger partial charge in [-0.1, -0.05) is 18.2 Å². The fourth-order valence-corrected chi connectivity index (χ4v) is 3.94. The van der Waals surface area contributed by atoms with Gasteiger partial charge in [0.1, 0.15) is 11.5 Å². The van der Waals surface area contributed by atoms with Crippen LogP contribution in [0.5, 0.6) is 0 Å². The number of nitrogens with zero attached hydrogens (tertiary/aromatic N) is 3. The lowest BCUT2D eigenvalue weighted by molar-refractivity contribution is 0.0423. The van der Waals surface area contributed by atoms with Crippen molar-refractivity contribution in [1.82, 2.24) is 14.8 Å². The first-order valence-corrected chi connectivity index (χ1v) is 8.31. The Bertz CT molecular complexity index is 690. The third kappa shape index (κ3) is 2.32. The van der Waals surface area contributed by atoms with Gasteiger partial charge in [0.25, 0.3) is 5.91 Å². The molecule has 3 heterocycles. The molecule has 0 N–H and O–H groups in total. The summed E-state index contributed by atoms with van der Waals surface area (Å²) in [5.41, 5.74) is 2.94. The summed E-state index contributed by atoms with van der Waals surface area (Å²) >= 11 is 1.44. The van der Waals surface area contributed by atoms with Crippen LogP contribution < -0.4 is 0 Å². The first kappa shape index (κ1) is 13.8. The Morgan fingerprint density at radius 1 is 1.32 bits per heavy atom. The van der Waals surface area contributed by atoms with E-state index in [0.29, 0.717) is 24.2 Å². The van der Waals surface area contributed by atoms with Crippen LogP contribution >= 0.6 is 11.3 Å². The Labute approximate surface area is 132 Å². The van der Waals surface area contributed by atoms with Crippen molar-refractivity contribution in [3.8, 4) is 0 Å². The highest BCUT2D eigenvalue weighted by Gasteiger charge is 2.47. The molecule has 0 unspecified atom stereocenters. The second kappa shape index (κ2) is 5.44. The van der Waals surface area contributed by atoms with Gasteiger partial charge in [0.2, 0.25) is 0 Å². The van der Waals surface area contributed by atoms with Crippen LogP contribution in [0.3, 0.4) is 0 Å². The van der Waals surface area contributed by atoms with Crippen molar-refractivity contribution in [3.63, 3.8) is 0 Å². The van der Waals surface area contributed by atoms with Crippen molar-refractivity contribution in [2.24, 2.45) is 5.92 Å². The number of hydrogen-bond donors (Lipinski definition) is 0. The largest absolute Gasteiger partial charge is 0.335 e. The van der Waals surface area contributed by atoms with E-state index in [9.17, 15) is 9.18 Å². The smallest absolute Gasteiger partial charge is 0.273 e. The molecule has 1 amide bonds. The minimum absolute atomic E-state index is 0.0153. The molecule has 4 nitrogen and oxygen atoms in total. The molecule has 0 saturated carbocycles. The van der Waals surface area contributed by atoms with E-state index >= 15 is 0 Å². The number of fused-ring (bicyclic) bond motifs is 1. The lowest BCUT2D eigenvalue weighted by Gasteiger charge is -2.43. The monoisotopic (exact) mass is 317 g/mol. The van der Waals surface area contributed by atoms with E-state index in [1.807, 2.05) is 17.0 Å². The highest BCUT2D eigenvalue weighted by atomic mass is 32.1. The molecular formula is C16H16FN3OS. The van der Waals surface area contributed by atoms with E-state index in [0.717, 1.165) is 25.2 Å². The molecule has 22 heavy (non-hydrogen) atoms. The van der Waals surface area contributed by atoms with E-state index in [2.05, 4.69) is 9.88 Å². The Balaban J connectivity index is 1.41.